The average molecular weight is 240 g/mol. The monoisotopic (exact) mass is 240 g/mol. The van der Waals surface area contributed by atoms with E-state index in [0.29, 0.717) is 18.1 Å². The number of methoxy groups -OCH3 is 1. The van der Waals surface area contributed by atoms with Crippen LogP contribution >= 0.6 is 0 Å². The van der Waals surface area contributed by atoms with E-state index in [1.54, 1.807) is 0 Å². The molecule has 0 aromatic carbocycles. The SMILES string of the molecule is COC1CN(CC2CCCCC2N)CCC1C. The van der Waals surface area contributed by atoms with E-state index in [4.69, 9.17) is 10.5 Å². The van der Waals surface area contributed by atoms with Crippen molar-refractivity contribution in [2.45, 2.75) is 51.2 Å². The van der Waals surface area contributed by atoms with Gasteiger partial charge in [0.15, 0.2) is 0 Å². The van der Waals surface area contributed by atoms with Crippen LogP contribution in [0.3, 0.4) is 0 Å². The molecule has 1 saturated carbocycles. The van der Waals surface area contributed by atoms with Crippen molar-refractivity contribution >= 4 is 0 Å². The molecule has 1 aliphatic carbocycles. The summed E-state index contributed by atoms with van der Waals surface area (Å²) in [7, 11) is 1.84. The highest BCUT2D eigenvalue weighted by atomic mass is 16.5. The van der Waals surface area contributed by atoms with Gasteiger partial charge in [-0.05, 0) is 37.6 Å². The fourth-order valence-corrected chi connectivity index (χ4v) is 3.37. The van der Waals surface area contributed by atoms with E-state index in [1.165, 1.54) is 45.2 Å². The van der Waals surface area contributed by atoms with E-state index >= 15 is 0 Å². The van der Waals surface area contributed by atoms with Crippen molar-refractivity contribution in [3.63, 3.8) is 0 Å². The van der Waals surface area contributed by atoms with Crippen LogP contribution < -0.4 is 5.73 Å². The zero-order chi connectivity index (χ0) is 12.3. The molecule has 0 spiro atoms. The topological polar surface area (TPSA) is 38.5 Å². The molecule has 1 saturated heterocycles. The number of hydrogen-bond donors (Lipinski definition) is 1. The normalized spacial score (nSPS) is 40.4. The molecule has 0 aromatic heterocycles. The molecule has 0 radical (unpaired) electrons. The fraction of sp³-hybridized carbons (Fsp3) is 1.00. The molecule has 0 aromatic rings. The Kier molecular flexibility index (Phi) is 4.83. The fourth-order valence-electron chi connectivity index (χ4n) is 3.37. The van der Waals surface area contributed by atoms with Crippen LogP contribution in [0.5, 0.6) is 0 Å². The molecular weight excluding hydrogens is 212 g/mol. The first-order chi connectivity index (χ1) is 8.20. The molecule has 0 bridgehead atoms. The van der Waals surface area contributed by atoms with Gasteiger partial charge < -0.3 is 15.4 Å². The third kappa shape index (κ3) is 3.43. The number of nitrogens with two attached hydrogens (primary N) is 1. The molecule has 4 atom stereocenters. The van der Waals surface area contributed by atoms with Crippen LogP contribution in [0.2, 0.25) is 0 Å². The lowest BCUT2D eigenvalue weighted by Gasteiger charge is -2.40. The first-order valence-electron chi connectivity index (χ1n) is 7.21. The lowest BCUT2D eigenvalue weighted by atomic mass is 9.84. The predicted molar refractivity (Wildman–Crippen MR) is 71.0 cm³/mol. The van der Waals surface area contributed by atoms with Gasteiger partial charge in [-0.2, -0.15) is 0 Å². The molecule has 2 aliphatic rings. The smallest absolute Gasteiger partial charge is 0.0724 e. The molecule has 4 unspecified atom stereocenters. The number of ether oxygens (including phenoxy) is 1. The van der Waals surface area contributed by atoms with Crippen molar-refractivity contribution in [3.8, 4) is 0 Å². The van der Waals surface area contributed by atoms with Gasteiger partial charge in [0.05, 0.1) is 6.10 Å². The van der Waals surface area contributed by atoms with Crippen LogP contribution in [0.15, 0.2) is 0 Å². The molecule has 100 valence electrons. The molecule has 1 aliphatic heterocycles. The molecule has 1 heterocycles. The van der Waals surface area contributed by atoms with Gasteiger partial charge >= 0.3 is 0 Å². The summed E-state index contributed by atoms with van der Waals surface area (Å²) in [4.78, 5) is 2.57. The van der Waals surface area contributed by atoms with Gasteiger partial charge in [-0.3, -0.25) is 0 Å². The first kappa shape index (κ1) is 13.3. The third-order valence-corrected chi connectivity index (χ3v) is 4.74. The predicted octanol–water partition coefficient (Wildman–Crippen LogP) is 1.86. The Bertz CT molecular complexity index is 234. The van der Waals surface area contributed by atoms with Gasteiger partial charge in [0.1, 0.15) is 0 Å². The minimum Gasteiger partial charge on any atom is -0.380 e. The highest BCUT2D eigenvalue weighted by molar-refractivity contribution is 4.84. The quantitative estimate of drug-likeness (QED) is 0.818. The van der Waals surface area contributed by atoms with E-state index in [9.17, 15) is 0 Å². The first-order valence-corrected chi connectivity index (χ1v) is 7.21. The summed E-state index contributed by atoms with van der Waals surface area (Å²) in [6.45, 7) is 5.82. The van der Waals surface area contributed by atoms with Crippen molar-refractivity contribution in [3.05, 3.63) is 0 Å². The minimum absolute atomic E-state index is 0.420. The number of likely N-dealkylation sites (tertiary alicyclic amines) is 1. The van der Waals surface area contributed by atoms with E-state index < -0.39 is 0 Å². The van der Waals surface area contributed by atoms with Crippen LogP contribution in [-0.2, 0) is 4.74 Å². The summed E-state index contributed by atoms with van der Waals surface area (Å²) in [5.41, 5.74) is 6.23. The van der Waals surface area contributed by atoms with Crippen LogP contribution in [0.25, 0.3) is 0 Å². The summed E-state index contributed by atoms with van der Waals surface area (Å²) < 4.78 is 5.58. The maximum atomic E-state index is 6.23. The highest BCUT2D eigenvalue weighted by Crippen LogP contribution is 2.26. The van der Waals surface area contributed by atoms with Crippen LogP contribution in [0.1, 0.15) is 39.0 Å². The van der Waals surface area contributed by atoms with E-state index in [2.05, 4.69) is 11.8 Å². The number of rotatable bonds is 3. The van der Waals surface area contributed by atoms with Gasteiger partial charge in [-0.15, -0.1) is 0 Å². The zero-order valence-electron chi connectivity index (χ0n) is 11.4. The summed E-state index contributed by atoms with van der Waals surface area (Å²) in [5.74, 6) is 1.42. The number of nitrogens with zero attached hydrogens (tertiary/aromatic N) is 1. The molecule has 2 N–H and O–H groups in total. The third-order valence-electron chi connectivity index (χ3n) is 4.74. The van der Waals surface area contributed by atoms with Gasteiger partial charge in [-0.1, -0.05) is 19.8 Å². The molecule has 0 amide bonds. The maximum Gasteiger partial charge on any atom is 0.0724 e. The number of hydrogen-bond acceptors (Lipinski definition) is 3. The summed E-state index contributed by atoms with van der Waals surface area (Å²) >= 11 is 0. The van der Waals surface area contributed by atoms with Crippen LogP contribution in [0, 0.1) is 11.8 Å². The summed E-state index contributed by atoms with van der Waals surface area (Å²) in [5, 5.41) is 0. The Morgan fingerprint density at radius 1 is 1.24 bits per heavy atom. The average Bonchev–Trinajstić information content (AvgIpc) is 2.34. The standard InChI is InChI=1S/C14H28N2O/c1-11-7-8-16(10-14(11)17-2)9-12-5-3-4-6-13(12)15/h11-14H,3-10,15H2,1-2H3. The molecule has 3 nitrogen and oxygen atoms in total. The summed E-state index contributed by atoms with van der Waals surface area (Å²) in [6.07, 6.45) is 6.93. The minimum atomic E-state index is 0.420. The van der Waals surface area contributed by atoms with Crippen LogP contribution in [-0.4, -0.2) is 43.8 Å². The Hall–Kier alpha value is -0.120. The maximum absolute atomic E-state index is 6.23. The van der Waals surface area contributed by atoms with Crippen molar-refractivity contribution in [2.24, 2.45) is 17.6 Å². The molecular formula is C14H28N2O. The molecule has 17 heavy (non-hydrogen) atoms. The zero-order valence-corrected chi connectivity index (χ0v) is 11.4. The lowest BCUT2D eigenvalue weighted by molar-refractivity contribution is -0.0118. The second-order valence-electron chi connectivity index (χ2n) is 6.01. The van der Waals surface area contributed by atoms with Crippen molar-refractivity contribution in [2.75, 3.05) is 26.7 Å². The molecule has 2 fully saturated rings. The van der Waals surface area contributed by atoms with Crippen molar-refractivity contribution in [1.82, 2.24) is 4.90 Å². The van der Waals surface area contributed by atoms with Gasteiger partial charge in [0.25, 0.3) is 0 Å². The van der Waals surface area contributed by atoms with Crippen LogP contribution in [0.4, 0.5) is 0 Å². The van der Waals surface area contributed by atoms with Gasteiger partial charge in [-0.25, -0.2) is 0 Å². The Balaban J connectivity index is 1.82. The Morgan fingerprint density at radius 3 is 2.71 bits per heavy atom. The van der Waals surface area contributed by atoms with E-state index in [1.807, 2.05) is 7.11 Å². The molecule has 3 heteroatoms. The van der Waals surface area contributed by atoms with E-state index in [-0.39, 0.29) is 0 Å². The Labute approximate surface area is 106 Å². The van der Waals surface area contributed by atoms with Crippen molar-refractivity contribution < 1.29 is 4.74 Å². The van der Waals surface area contributed by atoms with E-state index in [0.717, 1.165) is 12.5 Å². The van der Waals surface area contributed by atoms with Gasteiger partial charge in [0, 0.05) is 26.2 Å². The second kappa shape index (κ2) is 6.17. The largest absolute Gasteiger partial charge is 0.380 e. The second-order valence-corrected chi connectivity index (χ2v) is 6.01. The molecule has 2 rings (SSSR count). The number of piperidine rings is 1. The lowest BCUT2D eigenvalue weighted by Crippen LogP contribution is -2.48. The summed E-state index contributed by atoms with van der Waals surface area (Å²) in [6, 6.07) is 0.434. The van der Waals surface area contributed by atoms with Crippen molar-refractivity contribution in [1.29, 1.82) is 0 Å². The Morgan fingerprint density at radius 2 is 2.00 bits per heavy atom. The highest BCUT2D eigenvalue weighted by Gasteiger charge is 2.29. The van der Waals surface area contributed by atoms with Gasteiger partial charge in [0.2, 0.25) is 0 Å².